The number of aromatic hydroxyl groups is 1. The van der Waals surface area contributed by atoms with E-state index in [4.69, 9.17) is 10.5 Å². The van der Waals surface area contributed by atoms with E-state index >= 15 is 0 Å². The average molecular weight is 423 g/mol. The Hall–Kier alpha value is -3.12. The van der Waals surface area contributed by atoms with E-state index < -0.39 is 5.91 Å². The number of hydrogen-bond acceptors (Lipinski definition) is 5. The second kappa shape index (κ2) is 9.79. The molecule has 1 unspecified atom stereocenters. The van der Waals surface area contributed by atoms with Gasteiger partial charge in [0.05, 0.1) is 5.56 Å². The van der Waals surface area contributed by atoms with E-state index in [1.54, 1.807) is 25.1 Å². The smallest absolute Gasteiger partial charge is 0.248 e. The van der Waals surface area contributed by atoms with Gasteiger partial charge in [-0.15, -0.1) is 0 Å². The third-order valence-corrected chi connectivity index (χ3v) is 5.76. The Morgan fingerprint density at radius 1 is 1.23 bits per heavy atom. The molecule has 1 saturated heterocycles. The lowest BCUT2D eigenvalue weighted by molar-refractivity contribution is 0.0999. The summed E-state index contributed by atoms with van der Waals surface area (Å²) in [6, 6.07) is 10.5. The zero-order valence-electron chi connectivity index (χ0n) is 18.4. The van der Waals surface area contributed by atoms with Crippen molar-refractivity contribution in [2.75, 3.05) is 13.1 Å². The molecule has 0 spiro atoms. The van der Waals surface area contributed by atoms with Crippen LogP contribution >= 0.6 is 0 Å². The lowest BCUT2D eigenvalue weighted by Crippen LogP contribution is -2.36. The van der Waals surface area contributed by atoms with E-state index in [0.717, 1.165) is 55.7 Å². The lowest BCUT2D eigenvalue weighted by atomic mass is 9.93. The first-order chi connectivity index (χ1) is 14.8. The number of nitrogens with two attached hydrogens (primary N) is 1. The number of ether oxygens (including phenoxy) is 1. The van der Waals surface area contributed by atoms with Gasteiger partial charge in [-0.1, -0.05) is 12.1 Å². The van der Waals surface area contributed by atoms with Crippen molar-refractivity contribution in [3.63, 3.8) is 0 Å². The second-order valence-electron chi connectivity index (χ2n) is 8.35. The number of likely N-dealkylation sites (tertiary alicyclic amines) is 1. The number of phenolic OH excluding ortho intramolecular Hbond substituents is 1. The molecule has 0 saturated carbocycles. The van der Waals surface area contributed by atoms with Crippen molar-refractivity contribution in [3.8, 4) is 11.5 Å². The summed E-state index contributed by atoms with van der Waals surface area (Å²) in [5, 5.41) is 10.1. The standard InChI is InChI=1S/C25H30N2O4/c1-16(2)23(31-24-17(3)22(29)11-10-21(24)15-28)20-5-4-12-27(14-20)13-18-6-8-19(9-7-18)25(26)30/h6-11,15,20,29H,4-5,12-14H2,1-3H3,(H2,26,30). The van der Waals surface area contributed by atoms with Crippen LogP contribution in [-0.2, 0) is 6.54 Å². The summed E-state index contributed by atoms with van der Waals surface area (Å²) < 4.78 is 6.30. The monoisotopic (exact) mass is 422 g/mol. The average Bonchev–Trinajstić information content (AvgIpc) is 2.75. The number of aldehydes is 1. The second-order valence-corrected chi connectivity index (χ2v) is 8.35. The number of hydrogen-bond donors (Lipinski definition) is 2. The summed E-state index contributed by atoms with van der Waals surface area (Å²) in [4.78, 5) is 25.2. The molecule has 0 aliphatic carbocycles. The predicted octanol–water partition coefficient (Wildman–Crippen LogP) is 4.20. The van der Waals surface area contributed by atoms with Crippen LogP contribution in [0.15, 0.2) is 47.7 Å². The molecular formula is C25H30N2O4. The van der Waals surface area contributed by atoms with E-state index in [1.807, 2.05) is 26.0 Å². The maximum Gasteiger partial charge on any atom is 0.248 e. The highest BCUT2D eigenvalue weighted by molar-refractivity contribution is 5.92. The van der Waals surface area contributed by atoms with Gasteiger partial charge in [0.15, 0.2) is 6.29 Å². The minimum atomic E-state index is -0.424. The molecule has 1 aliphatic heterocycles. The number of nitrogens with zero attached hydrogens (tertiary/aromatic N) is 1. The number of amides is 1. The lowest BCUT2D eigenvalue weighted by Gasteiger charge is -2.34. The van der Waals surface area contributed by atoms with Gasteiger partial charge < -0.3 is 15.6 Å². The van der Waals surface area contributed by atoms with Gasteiger partial charge in [-0.3, -0.25) is 14.5 Å². The van der Waals surface area contributed by atoms with E-state index in [0.29, 0.717) is 22.4 Å². The van der Waals surface area contributed by atoms with Crippen LogP contribution < -0.4 is 10.5 Å². The number of benzene rings is 2. The van der Waals surface area contributed by atoms with Gasteiger partial charge >= 0.3 is 0 Å². The Balaban J connectivity index is 1.77. The quantitative estimate of drug-likeness (QED) is 0.515. The first-order valence-corrected chi connectivity index (χ1v) is 10.5. The van der Waals surface area contributed by atoms with Gasteiger partial charge in [-0.05, 0) is 75.6 Å². The fourth-order valence-electron chi connectivity index (χ4n) is 4.08. The molecule has 6 heteroatoms. The number of carbonyl (C=O) groups excluding carboxylic acids is 2. The van der Waals surface area contributed by atoms with E-state index in [2.05, 4.69) is 4.90 Å². The first-order valence-electron chi connectivity index (χ1n) is 10.5. The van der Waals surface area contributed by atoms with Crippen molar-refractivity contribution in [2.45, 2.75) is 40.2 Å². The van der Waals surface area contributed by atoms with Crippen LogP contribution in [0.1, 0.15) is 58.5 Å². The number of allylic oxidation sites excluding steroid dienone is 1. The van der Waals surface area contributed by atoms with Crippen LogP contribution in [0.3, 0.4) is 0 Å². The normalized spacial score (nSPS) is 16.5. The highest BCUT2D eigenvalue weighted by Gasteiger charge is 2.27. The largest absolute Gasteiger partial charge is 0.508 e. The Kier molecular flexibility index (Phi) is 7.13. The Morgan fingerprint density at radius 3 is 2.55 bits per heavy atom. The number of rotatable bonds is 7. The molecule has 1 amide bonds. The number of phenols is 1. The zero-order chi connectivity index (χ0) is 22.5. The van der Waals surface area contributed by atoms with Crippen LogP contribution in [-0.4, -0.2) is 35.3 Å². The summed E-state index contributed by atoms with van der Waals surface area (Å²) in [5.41, 5.74) is 9.00. The molecule has 164 valence electrons. The maximum atomic E-state index is 11.5. The van der Waals surface area contributed by atoms with Crippen LogP contribution in [0.4, 0.5) is 0 Å². The number of carbonyl (C=O) groups is 2. The molecule has 0 bridgehead atoms. The molecule has 0 radical (unpaired) electrons. The van der Waals surface area contributed by atoms with E-state index in [9.17, 15) is 14.7 Å². The number of piperidine rings is 1. The van der Waals surface area contributed by atoms with Gasteiger partial charge in [-0.2, -0.15) is 0 Å². The molecule has 1 aliphatic rings. The molecule has 1 heterocycles. The van der Waals surface area contributed by atoms with E-state index in [1.165, 1.54) is 6.07 Å². The van der Waals surface area contributed by atoms with Crippen molar-refractivity contribution in [2.24, 2.45) is 11.7 Å². The molecule has 1 atom stereocenters. The maximum absolute atomic E-state index is 11.5. The van der Waals surface area contributed by atoms with Crippen molar-refractivity contribution >= 4 is 12.2 Å². The SMILES string of the molecule is CC(C)=C(Oc1c(C=O)ccc(O)c1C)C1CCCN(Cc2ccc(C(N)=O)cc2)C1. The van der Waals surface area contributed by atoms with Gasteiger partial charge in [0, 0.05) is 30.1 Å². The molecule has 0 aromatic heterocycles. The van der Waals surface area contributed by atoms with Crippen molar-refractivity contribution in [1.82, 2.24) is 4.90 Å². The molecule has 6 nitrogen and oxygen atoms in total. The zero-order valence-corrected chi connectivity index (χ0v) is 18.4. The summed E-state index contributed by atoms with van der Waals surface area (Å²) in [5.74, 6) is 1.14. The molecular weight excluding hydrogens is 392 g/mol. The Bertz CT molecular complexity index is 991. The molecule has 1 fully saturated rings. The first kappa shape index (κ1) is 22.6. The number of primary amides is 1. The fraction of sp³-hybridized carbons (Fsp3) is 0.360. The van der Waals surface area contributed by atoms with Crippen LogP contribution in [0.2, 0.25) is 0 Å². The highest BCUT2D eigenvalue weighted by atomic mass is 16.5. The minimum Gasteiger partial charge on any atom is -0.508 e. The fourth-order valence-corrected chi connectivity index (χ4v) is 4.08. The molecule has 31 heavy (non-hydrogen) atoms. The van der Waals surface area contributed by atoms with Gasteiger partial charge in [0.25, 0.3) is 0 Å². The molecule has 2 aromatic rings. The highest BCUT2D eigenvalue weighted by Crippen LogP contribution is 2.35. The van der Waals surface area contributed by atoms with Gasteiger partial charge in [0.1, 0.15) is 17.3 Å². The van der Waals surface area contributed by atoms with E-state index in [-0.39, 0.29) is 11.7 Å². The van der Waals surface area contributed by atoms with Gasteiger partial charge in [0.2, 0.25) is 5.91 Å². The molecule has 3 N–H and O–H groups in total. The third kappa shape index (κ3) is 5.33. The Labute approximate surface area is 183 Å². The van der Waals surface area contributed by atoms with Crippen LogP contribution in [0.5, 0.6) is 11.5 Å². The van der Waals surface area contributed by atoms with Crippen molar-refractivity contribution in [3.05, 3.63) is 70.0 Å². The topological polar surface area (TPSA) is 92.9 Å². The molecule has 3 rings (SSSR count). The summed E-state index contributed by atoms with van der Waals surface area (Å²) >= 11 is 0. The Morgan fingerprint density at radius 2 is 1.94 bits per heavy atom. The third-order valence-electron chi connectivity index (χ3n) is 5.76. The summed E-state index contributed by atoms with van der Waals surface area (Å²) in [7, 11) is 0. The minimum absolute atomic E-state index is 0.110. The van der Waals surface area contributed by atoms with Crippen LogP contribution in [0, 0.1) is 12.8 Å². The van der Waals surface area contributed by atoms with Crippen molar-refractivity contribution < 1.29 is 19.4 Å². The van der Waals surface area contributed by atoms with Crippen LogP contribution in [0.25, 0.3) is 0 Å². The summed E-state index contributed by atoms with van der Waals surface area (Å²) in [6.07, 6.45) is 2.78. The van der Waals surface area contributed by atoms with Gasteiger partial charge in [-0.25, -0.2) is 0 Å². The van der Waals surface area contributed by atoms with Crippen molar-refractivity contribution in [1.29, 1.82) is 0 Å². The predicted molar refractivity (Wildman–Crippen MR) is 120 cm³/mol. The summed E-state index contributed by atoms with van der Waals surface area (Å²) in [6.45, 7) is 8.35. The molecule has 2 aromatic carbocycles.